The van der Waals surface area contributed by atoms with Crippen LogP contribution in [0.15, 0.2) is 6.07 Å². The Morgan fingerprint density at radius 3 is 2.76 bits per heavy atom. The van der Waals surface area contributed by atoms with E-state index in [1.165, 1.54) is 37.8 Å². The Balaban J connectivity index is 1.55. The largest absolute Gasteiger partial charge is 0.356 e. The zero-order valence-electron chi connectivity index (χ0n) is 13.5. The third-order valence-electron chi connectivity index (χ3n) is 4.48. The zero-order chi connectivity index (χ0) is 15.1. The summed E-state index contributed by atoms with van der Waals surface area (Å²) in [5, 5.41) is 7.47. The number of aromatic nitrogens is 2. The van der Waals surface area contributed by atoms with Crippen molar-refractivity contribution in [1.82, 2.24) is 15.1 Å². The highest BCUT2D eigenvalue weighted by Crippen LogP contribution is 2.27. The molecule has 0 radical (unpaired) electrons. The predicted octanol–water partition coefficient (Wildman–Crippen LogP) is 3.37. The molecule has 1 fully saturated rings. The van der Waals surface area contributed by atoms with Gasteiger partial charge in [-0.1, -0.05) is 32.1 Å². The molecule has 0 spiro atoms. The first-order chi connectivity index (χ1) is 10.1. The third-order valence-corrected chi connectivity index (χ3v) is 4.48. The van der Waals surface area contributed by atoms with Gasteiger partial charge in [0, 0.05) is 25.2 Å². The van der Waals surface area contributed by atoms with E-state index >= 15 is 0 Å². The lowest BCUT2D eigenvalue weighted by Gasteiger charge is -2.20. The van der Waals surface area contributed by atoms with Crippen LogP contribution >= 0.6 is 0 Å². The average Bonchev–Trinajstić information content (AvgIpc) is 2.80. The third kappa shape index (κ3) is 5.52. The van der Waals surface area contributed by atoms with Crippen LogP contribution < -0.4 is 5.32 Å². The van der Waals surface area contributed by atoms with Crippen LogP contribution in [0.25, 0.3) is 0 Å². The van der Waals surface area contributed by atoms with Crippen LogP contribution in [0, 0.1) is 19.8 Å². The van der Waals surface area contributed by atoms with Crippen molar-refractivity contribution in [3.63, 3.8) is 0 Å². The van der Waals surface area contributed by atoms with Gasteiger partial charge in [0.1, 0.15) is 0 Å². The fourth-order valence-electron chi connectivity index (χ4n) is 3.26. The van der Waals surface area contributed by atoms with Crippen molar-refractivity contribution in [3.05, 3.63) is 17.5 Å². The molecule has 1 heterocycles. The lowest BCUT2D eigenvalue weighted by atomic mass is 9.86. The molecular weight excluding hydrogens is 262 g/mol. The molecule has 0 atom stereocenters. The van der Waals surface area contributed by atoms with Gasteiger partial charge in [0.2, 0.25) is 5.91 Å². The minimum Gasteiger partial charge on any atom is -0.356 e. The van der Waals surface area contributed by atoms with Crippen LogP contribution in [0.4, 0.5) is 0 Å². The highest BCUT2D eigenvalue weighted by atomic mass is 16.1. The van der Waals surface area contributed by atoms with Crippen LogP contribution in [0.1, 0.15) is 62.8 Å². The maximum absolute atomic E-state index is 11.8. The van der Waals surface area contributed by atoms with Gasteiger partial charge in [0.05, 0.1) is 5.69 Å². The number of rotatable bonds is 7. The van der Waals surface area contributed by atoms with E-state index in [1.54, 1.807) is 0 Å². The van der Waals surface area contributed by atoms with Gasteiger partial charge in [0.15, 0.2) is 0 Å². The molecule has 2 rings (SSSR count). The van der Waals surface area contributed by atoms with Gasteiger partial charge in [-0.15, -0.1) is 0 Å². The molecule has 0 saturated heterocycles. The molecule has 1 aromatic rings. The van der Waals surface area contributed by atoms with Crippen molar-refractivity contribution < 1.29 is 4.79 Å². The maximum atomic E-state index is 11.8. The summed E-state index contributed by atoms with van der Waals surface area (Å²) in [5.41, 5.74) is 2.25. The second-order valence-corrected chi connectivity index (χ2v) is 6.40. The number of aryl methyl sites for hydroxylation is 3. The lowest BCUT2D eigenvalue weighted by molar-refractivity contribution is -0.121. The van der Waals surface area contributed by atoms with Crippen molar-refractivity contribution in [3.8, 4) is 0 Å². The van der Waals surface area contributed by atoms with Crippen LogP contribution in [0.3, 0.4) is 0 Å². The molecule has 1 N–H and O–H groups in total. The molecule has 0 bridgehead atoms. The van der Waals surface area contributed by atoms with Gasteiger partial charge in [-0.2, -0.15) is 5.10 Å². The molecule has 0 unspecified atom stereocenters. The molecular formula is C17H29N3O. The SMILES string of the molecule is Cc1cc(C)n(CCCNC(=O)CCC2CCCCC2)n1. The fraction of sp³-hybridized carbons (Fsp3) is 0.765. The second kappa shape index (κ2) is 8.20. The van der Waals surface area contributed by atoms with E-state index in [9.17, 15) is 4.79 Å². The Kier molecular flexibility index (Phi) is 6.27. The van der Waals surface area contributed by atoms with Gasteiger partial charge in [-0.25, -0.2) is 0 Å². The van der Waals surface area contributed by atoms with Gasteiger partial charge >= 0.3 is 0 Å². The molecule has 4 nitrogen and oxygen atoms in total. The minimum atomic E-state index is 0.217. The Bertz CT molecular complexity index is 447. The highest BCUT2D eigenvalue weighted by molar-refractivity contribution is 5.75. The monoisotopic (exact) mass is 291 g/mol. The van der Waals surface area contributed by atoms with Gasteiger partial charge in [-0.05, 0) is 38.7 Å². The van der Waals surface area contributed by atoms with Crippen LogP contribution in [0.5, 0.6) is 0 Å². The number of nitrogens with zero attached hydrogens (tertiary/aromatic N) is 2. The van der Waals surface area contributed by atoms with Crippen LogP contribution in [-0.2, 0) is 11.3 Å². The maximum Gasteiger partial charge on any atom is 0.220 e. The van der Waals surface area contributed by atoms with Gasteiger partial charge in [-0.3, -0.25) is 9.48 Å². The number of nitrogens with one attached hydrogen (secondary N) is 1. The zero-order valence-corrected chi connectivity index (χ0v) is 13.5. The molecule has 1 aliphatic rings. The summed E-state index contributed by atoms with van der Waals surface area (Å²) in [6.07, 6.45) is 9.46. The smallest absolute Gasteiger partial charge is 0.220 e. The normalized spacial score (nSPS) is 16.1. The van der Waals surface area contributed by atoms with E-state index in [2.05, 4.69) is 23.4 Å². The Hall–Kier alpha value is -1.32. The van der Waals surface area contributed by atoms with Crippen molar-refractivity contribution in [2.24, 2.45) is 5.92 Å². The summed E-state index contributed by atoms with van der Waals surface area (Å²) in [6.45, 7) is 5.71. The number of hydrogen-bond acceptors (Lipinski definition) is 2. The summed E-state index contributed by atoms with van der Waals surface area (Å²) < 4.78 is 2.02. The molecule has 4 heteroatoms. The van der Waals surface area contributed by atoms with E-state index in [0.29, 0.717) is 6.42 Å². The van der Waals surface area contributed by atoms with E-state index in [4.69, 9.17) is 0 Å². The van der Waals surface area contributed by atoms with Gasteiger partial charge in [0.25, 0.3) is 0 Å². The number of hydrogen-bond donors (Lipinski definition) is 1. The average molecular weight is 291 g/mol. The first kappa shape index (κ1) is 16.1. The summed E-state index contributed by atoms with van der Waals surface area (Å²) in [6, 6.07) is 2.09. The molecule has 1 saturated carbocycles. The topological polar surface area (TPSA) is 46.9 Å². The first-order valence-electron chi connectivity index (χ1n) is 8.43. The van der Waals surface area contributed by atoms with Crippen LogP contribution in [0.2, 0.25) is 0 Å². The molecule has 0 aromatic carbocycles. The van der Waals surface area contributed by atoms with E-state index in [0.717, 1.165) is 37.5 Å². The Labute approximate surface area is 128 Å². The first-order valence-corrected chi connectivity index (χ1v) is 8.43. The number of amides is 1. The summed E-state index contributed by atoms with van der Waals surface area (Å²) in [4.78, 5) is 11.8. The highest BCUT2D eigenvalue weighted by Gasteiger charge is 2.14. The van der Waals surface area contributed by atoms with E-state index in [1.807, 2.05) is 11.6 Å². The molecule has 1 aliphatic carbocycles. The summed E-state index contributed by atoms with van der Waals surface area (Å²) >= 11 is 0. The number of carbonyl (C=O) groups excluding carboxylic acids is 1. The van der Waals surface area contributed by atoms with Crippen LogP contribution in [-0.4, -0.2) is 22.2 Å². The number of carbonyl (C=O) groups is 1. The Morgan fingerprint density at radius 2 is 2.10 bits per heavy atom. The van der Waals surface area contributed by atoms with Crippen molar-refractivity contribution in [1.29, 1.82) is 0 Å². The molecule has 1 aromatic heterocycles. The molecule has 1 amide bonds. The molecule has 21 heavy (non-hydrogen) atoms. The summed E-state index contributed by atoms with van der Waals surface area (Å²) in [5.74, 6) is 1.01. The quantitative estimate of drug-likeness (QED) is 0.783. The van der Waals surface area contributed by atoms with E-state index < -0.39 is 0 Å². The minimum absolute atomic E-state index is 0.217. The van der Waals surface area contributed by atoms with Crippen molar-refractivity contribution >= 4 is 5.91 Å². The van der Waals surface area contributed by atoms with Gasteiger partial charge < -0.3 is 5.32 Å². The standard InChI is InChI=1S/C17H29N3O/c1-14-13-15(2)20(19-14)12-6-11-18-17(21)10-9-16-7-4-3-5-8-16/h13,16H,3-12H2,1-2H3,(H,18,21). The summed E-state index contributed by atoms with van der Waals surface area (Å²) in [7, 11) is 0. The molecule has 0 aliphatic heterocycles. The lowest BCUT2D eigenvalue weighted by Crippen LogP contribution is -2.26. The van der Waals surface area contributed by atoms with Crippen molar-refractivity contribution in [2.75, 3.05) is 6.54 Å². The second-order valence-electron chi connectivity index (χ2n) is 6.40. The Morgan fingerprint density at radius 1 is 1.33 bits per heavy atom. The fourth-order valence-corrected chi connectivity index (χ4v) is 3.26. The predicted molar refractivity (Wildman–Crippen MR) is 85.1 cm³/mol. The van der Waals surface area contributed by atoms with E-state index in [-0.39, 0.29) is 5.91 Å². The van der Waals surface area contributed by atoms with Crippen molar-refractivity contribution in [2.45, 2.75) is 71.8 Å². The molecule has 118 valence electrons.